The summed E-state index contributed by atoms with van der Waals surface area (Å²) in [5.74, 6) is 3.24. The summed E-state index contributed by atoms with van der Waals surface area (Å²) in [6.45, 7) is 1.94. The van der Waals surface area contributed by atoms with E-state index in [1.165, 1.54) is 10.6 Å². The van der Waals surface area contributed by atoms with Crippen molar-refractivity contribution in [2.75, 3.05) is 49.8 Å². The van der Waals surface area contributed by atoms with Crippen LogP contribution in [-0.2, 0) is 10.0 Å². The molecule has 0 atom stereocenters. The standard InChI is InChI=1S/C28H27N7O4S/c1-38-21-17-24-26(30-18-21)25(11-12-29-24)39-20-9-7-19(8-10-20)31-27-22-5-3-4-6-23(22)28(33-32-27)34-13-15-35(16-14-34)40(2,36)37/h3-12,17-18H,13-16H2,1-2H3,(H,31,32). The molecule has 0 unspecified atom stereocenters. The van der Waals surface area contributed by atoms with Crippen LogP contribution in [0, 0.1) is 0 Å². The highest BCUT2D eigenvalue weighted by Gasteiger charge is 2.25. The molecule has 0 aliphatic carbocycles. The normalized spacial score (nSPS) is 14.4. The molecule has 0 radical (unpaired) electrons. The Bertz CT molecular complexity index is 1790. The Morgan fingerprint density at radius 2 is 1.62 bits per heavy atom. The van der Waals surface area contributed by atoms with Crippen LogP contribution in [0.25, 0.3) is 21.8 Å². The molecule has 1 N–H and O–H groups in total. The van der Waals surface area contributed by atoms with E-state index in [0.29, 0.717) is 60.3 Å². The number of sulfonamides is 1. The Kier molecular flexibility index (Phi) is 6.78. The van der Waals surface area contributed by atoms with Crippen LogP contribution >= 0.6 is 0 Å². The van der Waals surface area contributed by atoms with E-state index < -0.39 is 10.0 Å². The molecule has 0 bridgehead atoms. The van der Waals surface area contributed by atoms with E-state index in [0.717, 1.165) is 22.3 Å². The predicted molar refractivity (Wildman–Crippen MR) is 154 cm³/mol. The Hall–Kier alpha value is -4.55. The van der Waals surface area contributed by atoms with Gasteiger partial charge in [0.15, 0.2) is 17.4 Å². The minimum absolute atomic E-state index is 0.419. The molecule has 0 saturated carbocycles. The van der Waals surface area contributed by atoms with Gasteiger partial charge < -0.3 is 19.7 Å². The van der Waals surface area contributed by atoms with Gasteiger partial charge in [-0.1, -0.05) is 24.3 Å². The maximum Gasteiger partial charge on any atom is 0.211 e. The van der Waals surface area contributed by atoms with Gasteiger partial charge in [0, 0.05) is 61.0 Å². The monoisotopic (exact) mass is 557 g/mol. The zero-order chi connectivity index (χ0) is 27.7. The van der Waals surface area contributed by atoms with E-state index in [2.05, 4.69) is 30.4 Å². The van der Waals surface area contributed by atoms with E-state index in [1.807, 2.05) is 54.6 Å². The lowest BCUT2D eigenvalue weighted by Gasteiger charge is -2.34. The first-order chi connectivity index (χ1) is 19.4. The fourth-order valence-electron chi connectivity index (χ4n) is 4.70. The van der Waals surface area contributed by atoms with Crippen molar-refractivity contribution >= 4 is 49.2 Å². The first-order valence-electron chi connectivity index (χ1n) is 12.7. The zero-order valence-corrected chi connectivity index (χ0v) is 22.8. The van der Waals surface area contributed by atoms with Gasteiger partial charge in [-0.25, -0.2) is 13.4 Å². The van der Waals surface area contributed by atoms with E-state index in [-0.39, 0.29) is 0 Å². The van der Waals surface area contributed by atoms with Crippen LogP contribution in [0.5, 0.6) is 17.2 Å². The molecular formula is C28H27N7O4S. The lowest BCUT2D eigenvalue weighted by Crippen LogP contribution is -2.48. The number of piperazine rings is 1. The maximum atomic E-state index is 11.9. The number of pyridine rings is 2. The Morgan fingerprint density at radius 1 is 0.875 bits per heavy atom. The number of benzene rings is 2. The molecule has 2 aromatic carbocycles. The third-order valence-electron chi connectivity index (χ3n) is 6.77. The molecule has 40 heavy (non-hydrogen) atoms. The van der Waals surface area contributed by atoms with Crippen LogP contribution < -0.4 is 19.7 Å². The van der Waals surface area contributed by atoms with Gasteiger partial charge in [0.05, 0.1) is 25.1 Å². The van der Waals surface area contributed by atoms with Gasteiger partial charge >= 0.3 is 0 Å². The molecule has 11 nitrogen and oxygen atoms in total. The molecule has 12 heteroatoms. The summed E-state index contributed by atoms with van der Waals surface area (Å²) in [4.78, 5) is 10.9. The highest BCUT2D eigenvalue weighted by Crippen LogP contribution is 2.33. The molecule has 1 aliphatic heterocycles. The van der Waals surface area contributed by atoms with Crippen LogP contribution in [0.15, 0.2) is 73.1 Å². The third-order valence-corrected chi connectivity index (χ3v) is 8.07. The van der Waals surface area contributed by atoms with E-state index in [4.69, 9.17) is 9.47 Å². The average Bonchev–Trinajstić information content (AvgIpc) is 2.98. The van der Waals surface area contributed by atoms with Gasteiger partial charge in [-0.2, -0.15) is 4.31 Å². The minimum atomic E-state index is -3.21. The number of ether oxygens (including phenoxy) is 2. The molecule has 3 aromatic heterocycles. The van der Waals surface area contributed by atoms with Crippen molar-refractivity contribution in [3.05, 3.63) is 73.1 Å². The molecule has 4 heterocycles. The van der Waals surface area contributed by atoms with Crippen molar-refractivity contribution in [3.8, 4) is 17.2 Å². The Balaban J connectivity index is 1.20. The topological polar surface area (TPSA) is 123 Å². The fraction of sp³-hybridized carbons (Fsp3) is 0.214. The van der Waals surface area contributed by atoms with Gasteiger partial charge in [-0.15, -0.1) is 10.2 Å². The van der Waals surface area contributed by atoms with Gasteiger partial charge in [0.25, 0.3) is 0 Å². The number of hydrogen-bond donors (Lipinski definition) is 1. The number of nitrogens with zero attached hydrogens (tertiary/aromatic N) is 6. The number of fused-ring (bicyclic) bond motifs is 2. The summed E-state index contributed by atoms with van der Waals surface area (Å²) >= 11 is 0. The smallest absolute Gasteiger partial charge is 0.211 e. The van der Waals surface area contributed by atoms with Crippen molar-refractivity contribution in [1.82, 2.24) is 24.5 Å². The van der Waals surface area contributed by atoms with Crippen molar-refractivity contribution in [2.24, 2.45) is 0 Å². The maximum absolute atomic E-state index is 11.9. The molecular weight excluding hydrogens is 530 g/mol. The number of hydrogen-bond acceptors (Lipinski definition) is 10. The molecule has 0 spiro atoms. The summed E-state index contributed by atoms with van der Waals surface area (Å²) in [5, 5.41) is 14.3. The van der Waals surface area contributed by atoms with Crippen molar-refractivity contribution in [2.45, 2.75) is 0 Å². The molecule has 1 fully saturated rings. The Labute approximate surface area is 231 Å². The largest absolute Gasteiger partial charge is 0.495 e. The highest BCUT2D eigenvalue weighted by atomic mass is 32.2. The predicted octanol–water partition coefficient (Wildman–Crippen LogP) is 4.20. The summed E-state index contributed by atoms with van der Waals surface area (Å²) in [6, 6.07) is 19.1. The second kappa shape index (κ2) is 10.5. The zero-order valence-electron chi connectivity index (χ0n) is 22.0. The Morgan fingerprint density at radius 3 is 2.35 bits per heavy atom. The second-order valence-electron chi connectivity index (χ2n) is 9.37. The molecule has 1 aliphatic rings. The summed E-state index contributed by atoms with van der Waals surface area (Å²) in [7, 11) is -1.62. The van der Waals surface area contributed by atoms with Gasteiger partial charge in [-0.3, -0.25) is 4.98 Å². The summed E-state index contributed by atoms with van der Waals surface area (Å²) < 4.78 is 36.6. The third kappa shape index (κ3) is 5.18. The van der Waals surface area contributed by atoms with Crippen LogP contribution in [0.4, 0.5) is 17.3 Å². The second-order valence-corrected chi connectivity index (χ2v) is 11.4. The number of methoxy groups -OCH3 is 1. The van der Waals surface area contributed by atoms with Crippen molar-refractivity contribution in [1.29, 1.82) is 0 Å². The summed E-state index contributed by atoms with van der Waals surface area (Å²) in [5.41, 5.74) is 2.15. The van der Waals surface area contributed by atoms with E-state index in [9.17, 15) is 8.42 Å². The lowest BCUT2D eigenvalue weighted by molar-refractivity contribution is 0.387. The highest BCUT2D eigenvalue weighted by molar-refractivity contribution is 7.88. The average molecular weight is 558 g/mol. The van der Waals surface area contributed by atoms with Gasteiger partial charge in [0.1, 0.15) is 17.0 Å². The minimum Gasteiger partial charge on any atom is -0.495 e. The number of anilines is 3. The number of aromatic nitrogens is 4. The number of rotatable bonds is 7. The van der Waals surface area contributed by atoms with Gasteiger partial charge in [0.2, 0.25) is 10.0 Å². The SMILES string of the molecule is COc1cnc2c(Oc3ccc(Nc4nnc(N5CCN(S(C)(=O)=O)CC5)c5ccccc45)cc3)ccnc2c1. The molecule has 5 aromatic rings. The van der Waals surface area contributed by atoms with Crippen molar-refractivity contribution < 1.29 is 17.9 Å². The quantitative estimate of drug-likeness (QED) is 0.311. The fourth-order valence-corrected chi connectivity index (χ4v) is 5.52. The van der Waals surface area contributed by atoms with Crippen LogP contribution in [0.2, 0.25) is 0 Å². The van der Waals surface area contributed by atoms with E-state index >= 15 is 0 Å². The van der Waals surface area contributed by atoms with Crippen LogP contribution in [0.3, 0.4) is 0 Å². The van der Waals surface area contributed by atoms with Crippen LogP contribution in [0.1, 0.15) is 0 Å². The first-order valence-corrected chi connectivity index (χ1v) is 14.5. The molecule has 6 rings (SSSR count). The lowest BCUT2D eigenvalue weighted by atomic mass is 10.1. The van der Waals surface area contributed by atoms with Gasteiger partial charge in [-0.05, 0) is 24.3 Å². The molecule has 0 amide bonds. The van der Waals surface area contributed by atoms with Crippen LogP contribution in [-0.4, -0.2) is 72.4 Å². The number of nitrogens with one attached hydrogen (secondary N) is 1. The molecule has 204 valence electrons. The van der Waals surface area contributed by atoms with E-state index in [1.54, 1.807) is 25.6 Å². The van der Waals surface area contributed by atoms with Crippen molar-refractivity contribution in [3.63, 3.8) is 0 Å². The first kappa shape index (κ1) is 25.7. The summed E-state index contributed by atoms with van der Waals surface area (Å²) in [6.07, 6.45) is 4.55. The molecule has 1 saturated heterocycles.